The zero-order valence-electron chi connectivity index (χ0n) is 14.8. The minimum Gasteiger partial charge on any atom is -0.339 e. The molecule has 138 valence electrons. The lowest BCUT2D eigenvalue weighted by atomic mass is 10.2. The Balaban J connectivity index is 1.43. The molecule has 1 N–H and O–H groups in total. The zero-order chi connectivity index (χ0) is 19.2. The maximum atomic E-state index is 12.7. The van der Waals surface area contributed by atoms with Crippen molar-refractivity contribution in [1.29, 1.82) is 0 Å². The average molecular weight is 388 g/mol. The van der Waals surface area contributed by atoms with Crippen LogP contribution in [0.5, 0.6) is 0 Å². The van der Waals surface area contributed by atoms with Crippen LogP contribution in [0.15, 0.2) is 66.8 Å². The first-order valence-electron chi connectivity index (χ1n) is 8.53. The van der Waals surface area contributed by atoms with Crippen LogP contribution in [0, 0.1) is 0 Å². The summed E-state index contributed by atoms with van der Waals surface area (Å²) in [5.74, 6) is -0.196. The molecule has 0 saturated carbocycles. The molecule has 0 aliphatic carbocycles. The predicted octanol–water partition coefficient (Wildman–Crippen LogP) is 3.60. The van der Waals surface area contributed by atoms with Gasteiger partial charge in [0.15, 0.2) is 5.13 Å². The minimum absolute atomic E-state index is 0.196. The largest absolute Gasteiger partial charge is 0.339 e. The van der Waals surface area contributed by atoms with Gasteiger partial charge in [-0.2, -0.15) is 0 Å². The van der Waals surface area contributed by atoms with Crippen LogP contribution in [0.4, 0.5) is 5.13 Å². The number of aromatic nitrogens is 5. The highest BCUT2D eigenvalue weighted by Crippen LogP contribution is 2.18. The number of anilines is 1. The van der Waals surface area contributed by atoms with E-state index in [1.54, 1.807) is 37.1 Å². The van der Waals surface area contributed by atoms with E-state index in [-0.39, 0.29) is 5.91 Å². The molecular formula is C20H16N6OS. The number of rotatable bonds is 6. The average Bonchev–Trinajstić information content (AvgIpc) is 3.37. The van der Waals surface area contributed by atoms with Gasteiger partial charge in [-0.3, -0.25) is 25.1 Å². The molecule has 4 heterocycles. The molecule has 7 nitrogen and oxygen atoms in total. The third-order valence-electron chi connectivity index (χ3n) is 3.91. The quantitative estimate of drug-likeness (QED) is 0.545. The lowest BCUT2D eigenvalue weighted by Gasteiger charge is -2.08. The van der Waals surface area contributed by atoms with Crippen molar-refractivity contribution >= 4 is 34.5 Å². The van der Waals surface area contributed by atoms with Crippen LogP contribution in [0.25, 0.3) is 12.2 Å². The summed E-state index contributed by atoms with van der Waals surface area (Å²) in [6, 6.07) is 7.50. The molecule has 4 aromatic heterocycles. The van der Waals surface area contributed by atoms with Crippen LogP contribution in [-0.2, 0) is 6.54 Å². The Morgan fingerprint density at radius 2 is 1.93 bits per heavy atom. The van der Waals surface area contributed by atoms with Crippen LogP contribution in [0.1, 0.15) is 27.4 Å². The maximum Gasteiger partial charge on any atom is 0.274 e. The minimum atomic E-state index is -0.196. The molecule has 4 aromatic rings. The van der Waals surface area contributed by atoms with Gasteiger partial charge in [0.05, 0.1) is 17.6 Å². The van der Waals surface area contributed by atoms with Gasteiger partial charge in [-0.1, -0.05) is 0 Å². The van der Waals surface area contributed by atoms with Crippen LogP contribution in [-0.4, -0.2) is 30.4 Å². The molecule has 1 amide bonds. The van der Waals surface area contributed by atoms with Crippen molar-refractivity contribution in [3.63, 3.8) is 0 Å². The third kappa shape index (κ3) is 4.36. The van der Waals surface area contributed by atoms with Gasteiger partial charge in [-0.25, -0.2) is 4.98 Å². The number of carbonyl (C=O) groups is 1. The number of thiazole rings is 1. The standard InChI is InChI=1S/C20H16N6OS/c27-19(18-2-1-11-26(18)13-15-5-7-21-8-6-15)25-20-24-17(14-28-20)4-3-16-12-22-9-10-23-16/h1-12,14H,13H2,(H,24,25,27). The Kier molecular flexibility index (Phi) is 5.30. The molecule has 0 radical (unpaired) electrons. The second-order valence-corrected chi connectivity index (χ2v) is 6.73. The highest BCUT2D eigenvalue weighted by atomic mass is 32.1. The smallest absolute Gasteiger partial charge is 0.274 e. The van der Waals surface area contributed by atoms with E-state index in [0.29, 0.717) is 17.4 Å². The molecule has 0 aliphatic heterocycles. The van der Waals surface area contributed by atoms with Crippen molar-refractivity contribution in [3.05, 3.63) is 89.5 Å². The van der Waals surface area contributed by atoms with Gasteiger partial charge in [-0.05, 0) is 42.0 Å². The van der Waals surface area contributed by atoms with E-state index in [1.165, 1.54) is 11.3 Å². The van der Waals surface area contributed by atoms with E-state index in [1.807, 2.05) is 46.5 Å². The molecule has 0 unspecified atom stereocenters. The molecule has 4 rings (SSSR count). The first-order valence-corrected chi connectivity index (χ1v) is 9.41. The topological polar surface area (TPSA) is 85.6 Å². The number of hydrogen-bond donors (Lipinski definition) is 1. The Morgan fingerprint density at radius 3 is 2.75 bits per heavy atom. The summed E-state index contributed by atoms with van der Waals surface area (Å²) < 4.78 is 1.90. The van der Waals surface area contributed by atoms with Crippen molar-refractivity contribution in [2.75, 3.05) is 5.32 Å². The Labute approximate surface area is 165 Å². The van der Waals surface area contributed by atoms with E-state index in [2.05, 4.69) is 25.3 Å². The molecule has 0 saturated heterocycles. The fraction of sp³-hybridized carbons (Fsp3) is 0.0500. The van der Waals surface area contributed by atoms with Gasteiger partial charge in [0, 0.05) is 42.9 Å². The van der Waals surface area contributed by atoms with Crippen LogP contribution >= 0.6 is 11.3 Å². The Bertz CT molecular complexity index is 1090. The number of nitrogens with zero attached hydrogens (tertiary/aromatic N) is 5. The summed E-state index contributed by atoms with van der Waals surface area (Å²) in [6.07, 6.45) is 13.9. The van der Waals surface area contributed by atoms with E-state index in [4.69, 9.17) is 0 Å². The molecule has 0 bridgehead atoms. The summed E-state index contributed by atoms with van der Waals surface area (Å²) in [5.41, 5.74) is 3.14. The molecule has 28 heavy (non-hydrogen) atoms. The lowest BCUT2D eigenvalue weighted by molar-refractivity contribution is 0.101. The monoisotopic (exact) mass is 388 g/mol. The summed E-state index contributed by atoms with van der Waals surface area (Å²) >= 11 is 1.37. The number of amides is 1. The van der Waals surface area contributed by atoms with Crippen molar-refractivity contribution in [2.45, 2.75) is 6.54 Å². The Morgan fingerprint density at radius 1 is 1.07 bits per heavy atom. The van der Waals surface area contributed by atoms with E-state index < -0.39 is 0 Å². The molecule has 0 atom stereocenters. The second-order valence-electron chi connectivity index (χ2n) is 5.87. The molecule has 0 fully saturated rings. The van der Waals surface area contributed by atoms with Crippen LogP contribution < -0.4 is 5.32 Å². The molecular weight excluding hydrogens is 372 g/mol. The molecule has 0 aromatic carbocycles. The maximum absolute atomic E-state index is 12.7. The van der Waals surface area contributed by atoms with Gasteiger partial charge in [0.25, 0.3) is 5.91 Å². The van der Waals surface area contributed by atoms with Crippen molar-refractivity contribution in [1.82, 2.24) is 24.5 Å². The summed E-state index contributed by atoms with van der Waals surface area (Å²) in [4.78, 5) is 29.3. The summed E-state index contributed by atoms with van der Waals surface area (Å²) in [5, 5.41) is 5.28. The first-order chi connectivity index (χ1) is 13.8. The number of carbonyl (C=O) groups excluding carboxylic acids is 1. The fourth-order valence-corrected chi connectivity index (χ4v) is 3.27. The van der Waals surface area contributed by atoms with Crippen molar-refractivity contribution in [2.24, 2.45) is 0 Å². The normalized spacial score (nSPS) is 11.0. The molecule has 0 spiro atoms. The number of nitrogens with one attached hydrogen (secondary N) is 1. The summed E-state index contributed by atoms with van der Waals surface area (Å²) in [6.45, 7) is 0.599. The highest BCUT2D eigenvalue weighted by molar-refractivity contribution is 7.14. The molecule has 0 aliphatic rings. The van der Waals surface area contributed by atoms with Crippen molar-refractivity contribution < 1.29 is 4.79 Å². The van der Waals surface area contributed by atoms with Gasteiger partial charge >= 0.3 is 0 Å². The fourth-order valence-electron chi connectivity index (χ4n) is 2.59. The first kappa shape index (κ1) is 17.7. The molecule has 8 heteroatoms. The second kappa shape index (κ2) is 8.36. The number of hydrogen-bond acceptors (Lipinski definition) is 6. The predicted molar refractivity (Wildman–Crippen MR) is 109 cm³/mol. The lowest BCUT2D eigenvalue weighted by Crippen LogP contribution is -2.17. The number of pyridine rings is 1. The van der Waals surface area contributed by atoms with Crippen molar-refractivity contribution in [3.8, 4) is 0 Å². The van der Waals surface area contributed by atoms with Gasteiger partial charge in [0.2, 0.25) is 0 Å². The van der Waals surface area contributed by atoms with Gasteiger partial charge < -0.3 is 4.57 Å². The highest BCUT2D eigenvalue weighted by Gasteiger charge is 2.13. The summed E-state index contributed by atoms with van der Waals surface area (Å²) in [7, 11) is 0. The zero-order valence-corrected chi connectivity index (χ0v) is 15.6. The van der Waals surface area contributed by atoms with Crippen LogP contribution in [0.3, 0.4) is 0 Å². The van der Waals surface area contributed by atoms with Gasteiger partial charge in [0.1, 0.15) is 5.69 Å². The van der Waals surface area contributed by atoms with E-state index >= 15 is 0 Å². The third-order valence-corrected chi connectivity index (χ3v) is 4.69. The van der Waals surface area contributed by atoms with Crippen LogP contribution in [0.2, 0.25) is 0 Å². The SMILES string of the molecule is O=C(Nc1nc(C=Cc2cnccn2)cs1)c1cccn1Cc1ccncc1. The van der Waals surface area contributed by atoms with Gasteiger partial charge in [-0.15, -0.1) is 11.3 Å². The van der Waals surface area contributed by atoms with E-state index in [0.717, 1.165) is 17.0 Å². The Hall–Kier alpha value is -3.65. The van der Waals surface area contributed by atoms with E-state index in [9.17, 15) is 4.79 Å².